The van der Waals surface area contributed by atoms with Crippen molar-refractivity contribution in [1.29, 1.82) is 0 Å². The Morgan fingerprint density at radius 3 is 2.17 bits per heavy atom. The summed E-state index contributed by atoms with van der Waals surface area (Å²) in [5.41, 5.74) is 2.19. The highest BCUT2D eigenvalue weighted by atomic mass is 32.2. The van der Waals surface area contributed by atoms with Crippen LogP contribution in [0.2, 0.25) is 0 Å². The van der Waals surface area contributed by atoms with E-state index in [1.807, 2.05) is 19.1 Å². The van der Waals surface area contributed by atoms with Crippen LogP contribution in [-0.4, -0.2) is 24.5 Å². The van der Waals surface area contributed by atoms with Crippen molar-refractivity contribution in [3.05, 3.63) is 64.7 Å². The van der Waals surface area contributed by atoms with E-state index in [-0.39, 0.29) is 21.3 Å². The van der Waals surface area contributed by atoms with E-state index in [4.69, 9.17) is 0 Å². The molecule has 158 valence electrons. The summed E-state index contributed by atoms with van der Waals surface area (Å²) in [5, 5.41) is 11.5. The minimum absolute atomic E-state index is 0.0111. The summed E-state index contributed by atoms with van der Waals surface area (Å²) in [7, 11) is -3.78. The number of hydrogen-bond donors (Lipinski definition) is 2. The number of rotatable bonds is 6. The quantitative estimate of drug-likeness (QED) is 0.585. The normalized spacial score (nSPS) is 11.9. The predicted molar refractivity (Wildman–Crippen MR) is 120 cm³/mol. The molecule has 0 fully saturated rings. The molecular formula is C21H24N4O3S2. The minimum atomic E-state index is -3.78. The molecule has 1 aromatic heterocycles. The van der Waals surface area contributed by atoms with E-state index in [0.717, 1.165) is 10.6 Å². The van der Waals surface area contributed by atoms with Crippen molar-refractivity contribution in [3.8, 4) is 0 Å². The fraction of sp³-hybridized carbons (Fsp3) is 0.286. The molecule has 2 aromatic carbocycles. The van der Waals surface area contributed by atoms with Gasteiger partial charge in [0.15, 0.2) is 0 Å². The Morgan fingerprint density at radius 2 is 1.63 bits per heavy atom. The number of aryl methyl sites for hydroxylation is 1. The molecule has 2 N–H and O–H groups in total. The minimum Gasteiger partial charge on any atom is -0.322 e. The number of anilines is 2. The van der Waals surface area contributed by atoms with Crippen LogP contribution in [0.3, 0.4) is 0 Å². The van der Waals surface area contributed by atoms with Crippen LogP contribution < -0.4 is 10.0 Å². The SMILES string of the molecule is CCc1nnc(NS(=O)(=O)c2ccc(NC(=O)c3ccc(C(C)(C)C)cc3)cc2)s1. The van der Waals surface area contributed by atoms with Gasteiger partial charge in [-0.3, -0.25) is 9.52 Å². The number of nitrogens with one attached hydrogen (secondary N) is 2. The van der Waals surface area contributed by atoms with Crippen LogP contribution in [0, 0.1) is 0 Å². The molecule has 0 aliphatic heterocycles. The fourth-order valence-electron chi connectivity index (χ4n) is 2.65. The van der Waals surface area contributed by atoms with Gasteiger partial charge in [-0.05, 0) is 53.8 Å². The summed E-state index contributed by atoms with van der Waals surface area (Å²) < 4.78 is 27.4. The van der Waals surface area contributed by atoms with E-state index in [2.05, 4.69) is 41.0 Å². The molecule has 0 aliphatic rings. The highest BCUT2D eigenvalue weighted by Gasteiger charge is 2.17. The Kier molecular flexibility index (Phi) is 6.23. The highest BCUT2D eigenvalue weighted by Crippen LogP contribution is 2.23. The number of carbonyl (C=O) groups is 1. The van der Waals surface area contributed by atoms with Crippen molar-refractivity contribution < 1.29 is 13.2 Å². The lowest BCUT2D eigenvalue weighted by Crippen LogP contribution is -2.15. The average molecular weight is 445 g/mol. The lowest BCUT2D eigenvalue weighted by molar-refractivity contribution is 0.102. The smallest absolute Gasteiger partial charge is 0.263 e. The average Bonchev–Trinajstić information content (AvgIpc) is 3.14. The molecule has 0 atom stereocenters. The van der Waals surface area contributed by atoms with Crippen molar-refractivity contribution in [2.24, 2.45) is 0 Å². The first-order valence-corrected chi connectivity index (χ1v) is 11.8. The summed E-state index contributed by atoms with van der Waals surface area (Å²) in [6.07, 6.45) is 0.687. The number of nitrogens with zero attached hydrogens (tertiary/aromatic N) is 2. The second-order valence-corrected chi connectivity index (χ2v) is 10.5. The zero-order valence-corrected chi connectivity index (χ0v) is 18.9. The van der Waals surface area contributed by atoms with Crippen LogP contribution >= 0.6 is 11.3 Å². The molecule has 0 bridgehead atoms. The van der Waals surface area contributed by atoms with Gasteiger partial charge in [-0.2, -0.15) is 0 Å². The zero-order chi connectivity index (χ0) is 21.9. The molecule has 0 radical (unpaired) electrons. The number of benzene rings is 2. The van der Waals surface area contributed by atoms with E-state index >= 15 is 0 Å². The fourth-order valence-corrected chi connectivity index (χ4v) is 4.56. The van der Waals surface area contributed by atoms with Gasteiger partial charge >= 0.3 is 0 Å². The van der Waals surface area contributed by atoms with Gasteiger partial charge in [0.05, 0.1) is 4.90 Å². The molecule has 30 heavy (non-hydrogen) atoms. The summed E-state index contributed by atoms with van der Waals surface area (Å²) in [4.78, 5) is 12.5. The van der Waals surface area contributed by atoms with E-state index in [1.165, 1.54) is 23.5 Å². The molecule has 0 spiro atoms. The number of aromatic nitrogens is 2. The summed E-state index contributed by atoms with van der Waals surface area (Å²) in [6, 6.07) is 13.4. The summed E-state index contributed by atoms with van der Waals surface area (Å²) >= 11 is 1.20. The van der Waals surface area contributed by atoms with Crippen LogP contribution in [0.1, 0.15) is 48.6 Å². The van der Waals surface area contributed by atoms with Crippen LogP contribution in [-0.2, 0) is 21.9 Å². The molecule has 9 heteroatoms. The van der Waals surface area contributed by atoms with Crippen molar-refractivity contribution in [2.45, 2.75) is 44.4 Å². The van der Waals surface area contributed by atoms with Gasteiger partial charge in [-0.25, -0.2) is 8.42 Å². The van der Waals surface area contributed by atoms with Crippen LogP contribution in [0.4, 0.5) is 10.8 Å². The van der Waals surface area contributed by atoms with Gasteiger partial charge in [0.2, 0.25) is 5.13 Å². The third-order valence-corrected chi connectivity index (χ3v) is 6.89. The third-order valence-electron chi connectivity index (χ3n) is 4.43. The molecule has 3 aromatic rings. The Balaban J connectivity index is 1.68. The second kappa shape index (κ2) is 8.53. The molecule has 1 amide bonds. The number of amides is 1. The zero-order valence-electron chi connectivity index (χ0n) is 17.3. The standard InChI is InChI=1S/C21H24N4O3S2/c1-5-18-23-24-20(29-18)25-30(27,28)17-12-10-16(11-13-17)22-19(26)14-6-8-15(9-7-14)21(2,3)4/h6-13H,5H2,1-4H3,(H,22,26)(H,24,25). The first kappa shape index (κ1) is 21.9. The maximum absolute atomic E-state index is 12.5. The molecule has 3 rings (SSSR count). The largest absolute Gasteiger partial charge is 0.322 e. The van der Waals surface area contributed by atoms with Crippen LogP contribution in [0.5, 0.6) is 0 Å². The molecule has 0 saturated heterocycles. The van der Waals surface area contributed by atoms with E-state index < -0.39 is 10.0 Å². The van der Waals surface area contributed by atoms with Crippen molar-refractivity contribution >= 4 is 38.1 Å². The first-order valence-electron chi connectivity index (χ1n) is 9.45. The second-order valence-electron chi connectivity index (χ2n) is 7.77. The molecular weight excluding hydrogens is 420 g/mol. The summed E-state index contributed by atoms with van der Waals surface area (Å²) in [5.74, 6) is -0.259. The van der Waals surface area contributed by atoms with Gasteiger partial charge < -0.3 is 5.32 Å². The van der Waals surface area contributed by atoms with Crippen LogP contribution in [0.15, 0.2) is 53.4 Å². The summed E-state index contributed by atoms with van der Waals surface area (Å²) in [6.45, 7) is 8.26. The maximum atomic E-state index is 12.5. The van der Waals surface area contributed by atoms with Crippen molar-refractivity contribution in [3.63, 3.8) is 0 Å². The van der Waals surface area contributed by atoms with E-state index in [0.29, 0.717) is 17.7 Å². The Bertz CT molecular complexity index is 1130. The Morgan fingerprint density at radius 1 is 1.00 bits per heavy atom. The van der Waals surface area contributed by atoms with E-state index in [1.54, 1.807) is 24.3 Å². The molecule has 1 heterocycles. The molecule has 0 saturated carbocycles. The monoisotopic (exact) mass is 444 g/mol. The van der Waals surface area contributed by atoms with Gasteiger partial charge in [-0.1, -0.05) is 51.2 Å². The van der Waals surface area contributed by atoms with Crippen LogP contribution in [0.25, 0.3) is 0 Å². The molecule has 0 unspecified atom stereocenters. The number of carbonyl (C=O) groups excluding carboxylic acids is 1. The number of sulfonamides is 1. The van der Waals surface area contributed by atoms with Gasteiger partial charge in [-0.15, -0.1) is 10.2 Å². The predicted octanol–water partition coefficient (Wildman–Crippen LogP) is 4.45. The highest BCUT2D eigenvalue weighted by molar-refractivity contribution is 7.93. The lowest BCUT2D eigenvalue weighted by Gasteiger charge is -2.19. The maximum Gasteiger partial charge on any atom is 0.263 e. The van der Waals surface area contributed by atoms with E-state index in [9.17, 15) is 13.2 Å². The van der Waals surface area contributed by atoms with Gasteiger partial charge in [0.25, 0.3) is 15.9 Å². The van der Waals surface area contributed by atoms with Crippen molar-refractivity contribution in [1.82, 2.24) is 10.2 Å². The molecule has 0 aliphatic carbocycles. The molecule has 7 nitrogen and oxygen atoms in total. The number of hydrogen-bond acceptors (Lipinski definition) is 6. The van der Waals surface area contributed by atoms with Gasteiger partial charge in [0, 0.05) is 11.3 Å². The Hall–Kier alpha value is -2.78. The third kappa shape index (κ3) is 5.22. The lowest BCUT2D eigenvalue weighted by atomic mass is 9.87. The Labute approximate surface area is 180 Å². The van der Waals surface area contributed by atoms with Crippen molar-refractivity contribution in [2.75, 3.05) is 10.0 Å². The topological polar surface area (TPSA) is 101 Å². The van der Waals surface area contributed by atoms with Gasteiger partial charge in [0.1, 0.15) is 5.01 Å². The first-order chi connectivity index (χ1) is 14.1.